The number of nitro groups is 2. The molecular weight excluding hydrogens is 304 g/mol. The van der Waals surface area contributed by atoms with Crippen molar-refractivity contribution in [2.24, 2.45) is 5.16 Å². The van der Waals surface area contributed by atoms with E-state index in [4.69, 9.17) is 5.21 Å². The lowest BCUT2D eigenvalue weighted by Gasteiger charge is -2.18. The van der Waals surface area contributed by atoms with Gasteiger partial charge in [-0.25, -0.2) is 0 Å². The zero-order chi connectivity index (χ0) is 17.7. The van der Waals surface area contributed by atoms with Gasteiger partial charge in [0.15, 0.2) is 5.69 Å². The van der Waals surface area contributed by atoms with Crippen LogP contribution in [0.3, 0.4) is 0 Å². The summed E-state index contributed by atoms with van der Waals surface area (Å²) in [6.45, 7) is 6.68. The standard InChI is InChI=1S/C14H20N4O5/c1-5-10(6-2)15-13-11(17(20)21)7-8(3)12(9(4)16-19)14(13)18(22)23/h7,10,15,19H,5-6H2,1-4H3. The first-order chi connectivity index (χ1) is 10.8. The summed E-state index contributed by atoms with van der Waals surface area (Å²) in [6.07, 6.45) is 1.31. The van der Waals surface area contributed by atoms with E-state index in [0.717, 1.165) is 0 Å². The highest BCUT2D eigenvalue weighted by molar-refractivity contribution is 6.06. The third kappa shape index (κ3) is 3.74. The van der Waals surface area contributed by atoms with Crippen molar-refractivity contribution in [1.29, 1.82) is 0 Å². The number of hydrogen-bond donors (Lipinski definition) is 2. The molecule has 0 unspecified atom stereocenters. The highest BCUT2D eigenvalue weighted by Gasteiger charge is 2.33. The second-order valence-corrected chi connectivity index (χ2v) is 5.17. The fourth-order valence-electron chi connectivity index (χ4n) is 2.45. The first kappa shape index (κ1) is 18.3. The van der Waals surface area contributed by atoms with Gasteiger partial charge in [0.2, 0.25) is 0 Å². The number of nitro benzene ring substituents is 2. The van der Waals surface area contributed by atoms with Crippen LogP contribution in [-0.2, 0) is 0 Å². The molecule has 0 spiro atoms. The Balaban J connectivity index is 3.79. The van der Waals surface area contributed by atoms with Gasteiger partial charge >= 0.3 is 5.69 Å². The maximum Gasteiger partial charge on any atom is 0.308 e. The molecule has 0 atom stereocenters. The maximum absolute atomic E-state index is 11.6. The lowest BCUT2D eigenvalue weighted by Crippen LogP contribution is -2.20. The van der Waals surface area contributed by atoms with Gasteiger partial charge in [0.25, 0.3) is 5.69 Å². The fourth-order valence-corrected chi connectivity index (χ4v) is 2.45. The molecule has 126 valence electrons. The predicted molar refractivity (Wildman–Crippen MR) is 86.5 cm³/mol. The maximum atomic E-state index is 11.6. The smallest absolute Gasteiger partial charge is 0.308 e. The van der Waals surface area contributed by atoms with E-state index < -0.39 is 15.5 Å². The zero-order valence-electron chi connectivity index (χ0n) is 13.5. The van der Waals surface area contributed by atoms with E-state index >= 15 is 0 Å². The normalized spacial score (nSPS) is 11.6. The van der Waals surface area contributed by atoms with Gasteiger partial charge in [0.05, 0.1) is 21.1 Å². The average molecular weight is 324 g/mol. The molecular formula is C14H20N4O5. The van der Waals surface area contributed by atoms with E-state index in [9.17, 15) is 20.2 Å². The second-order valence-electron chi connectivity index (χ2n) is 5.17. The Hall–Kier alpha value is -2.71. The van der Waals surface area contributed by atoms with Crippen LogP contribution in [0, 0.1) is 27.2 Å². The van der Waals surface area contributed by atoms with E-state index in [1.54, 1.807) is 0 Å². The summed E-state index contributed by atoms with van der Waals surface area (Å²) in [4.78, 5) is 21.5. The van der Waals surface area contributed by atoms with Crippen LogP contribution in [0.5, 0.6) is 0 Å². The Morgan fingerprint density at radius 1 is 1.30 bits per heavy atom. The molecule has 1 aromatic rings. The Morgan fingerprint density at radius 2 is 1.87 bits per heavy atom. The van der Waals surface area contributed by atoms with E-state index in [2.05, 4.69) is 10.5 Å². The largest absolute Gasteiger partial charge is 0.411 e. The van der Waals surface area contributed by atoms with Gasteiger partial charge in [0, 0.05) is 12.1 Å². The predicted octanol–water partition coefficient (Wildman–Crippen LogP) is 3.61. The molecule has 1 rings (SSSR count). The van der Waals surface area contributed by atoms with Crippen molar-refractivity contribution in [3.05, 3.63) is 37.4 Å². The minimum absolute atomic E-state index is 0.0247. The summed E-state index contributed by atoms with van der Waals surface area (Å²) in [6, 6.07) is 1.11. The number of aryl methyl sites for hydroxylation is 1. The van der Waals surface area contributed by atoms with Gasteiger partial charge in [-0.15, -0.1) is 0 Å². The number of hydrogen-bond acceptors (Lipinski definition) is 7. The summed E-state index contributed by atoms with van der Waals surface area (Å²) < 4.78 is 0. The molecule has 0 bridgehead atoms. The van der Waals surface area contributed by atoms with E-state index in [1.807, 2.05) is 13.8 Å². The monoisotopic (exact) mass is 324 g/mol. The molecule has 0 saturated heterocycles. The summed E-state index contributed by atoms with van der Waals surface area (Å²) >= 11 is 0. The molecule has 1 aromatic carbocycles. The summed E-state index contributed by atoms with van der Waals surface area (Å²) in [5.74, 6) is 0. The number of anilines is 1. The van der Waals surface area contributed by atoms with Crippen molar-refractivity contribution < 1.29 is 15.1 Å². The van der Waals surface area contributed by atoms with Crippen molar-refractivity contribution in [3.63, 3.8) is 0 Å². The topological polar surface area (TPSA) is 131 Å². The van der Waals surface area contributed by atoms with Crippen molar-refractivity contribution in [2.75, 3.05) is 5.32 Å². The van der Waals surface area contributed by atoms with Gasteiger partial charge < -0.3 is 10.5 Å². The molecule has 9 heteroatoms. The Labute approximate surface area is 133 Å². The highest BCUT2D eigenvalue weighted by Crippen LogP contribution is 2.40. The van der Waals surface area contributed by atoms with Gasteiger partial charge in [-0.3, -0.25) is 20.2 Å². The van der Waals surface area contributed by atoms with Crippen molar-refractivity contribution in [1.82, 2.24) is 0 Å². The van der Waals surface area contributed by atoms with E-state index in [0.29, 0.717) is 18.4 Å². The number of benzene rings is 1. The summed E-state index contributed by atoms with van der Waals surface area (Å²) in [5.41, 5.74) is -0.561. The van der Waals surface area contributed by atoms with Crippen LogP contribution in [0.1, 0.15) is 44.7 Å². The quantitative estimate of drug-likeness (QED) is 0.341. The molecule has 2 N–H and O–H groups in total. The van der Waals surface area contributed by atoms with Crippen LogP contribution in [0.4, 0.5) is 17.1 Å². The number of nitrogens with zero attached hydrogens (tertiary/aromatic N) is 3. The molecule has 0 fully saturated rings. The minimum Gasteiger partial charge on any atom is -0.411 e. The third-order valence-electron chi connectivity index (χ3n) is 3.70. The molecule has 0 aliphatic rings. The lowest BCUT2D eigenvalue weighted by atomic mass is 9.99. The molecule has 0 aromatic heterocycles. The third-order valence-corrected chi connectivity index (χ3v) is 3.70. The summed E-state index contributed by atoms with van der Waals surface area (Å²) in [7, 11) is 0. The molecule has 0 heterocycles. The molecule has 0 radical (unpaired) electrons. The first-order valence-electron chi connectivity index (χ1n) is 7.20. The van der Waals surface area contributed by atoms with Crippen LogP contribution < -0.4 is 5.32 Å². The molecule has 0 saturated carbocycles. The Kier molecular flexibility index (Phi) is 6.00. The van der Waals surface area contributed by atoms with Crippen LogP contribution in [-0.4, -0.2) is 26.8 Å². The minimum atomic E-state index is -0.686. The van der Waals surface area contributed by atoms with Gasteiger partial charge in [-0.05, 0) is 32.3 Å². The zero-order valence-corrected chi connectivity index (χ0v) is 13.5. The Bertz CT molecular complexity index is 653. The molecule has 0 aliphatic carbocycles. The Morgan fingerprint density at radius 3 is 2.26 bits per heavy atom. The second kappa shape index (κ2) is 7.52. The van der Waals surface area contributed by atoms with Gasteiger partial charge in [0.1, 0.15) is 0 Å². The first-order valence-corrected chi connectivity index (χ1v) is 7.20. The molecule has 0 amide bonds. The lowest BCUT2D eigenvalue weighted by molar-refractivity contribution is -0.392. The summed E-state index contributed by atoms with van der Waals surface area (Å²) in [5, 5.41) is 37.8. The van der Waals surface area contributed by atoms with E-state index in [1.165, 1.54) is 19.9 Å². The van der Waals surface area contributed by atoms with Crippen molar-refractivity contribution in [2.45, 2.75) is 46.6 Å². The number of rotatable bonds is 7. The van der Waals surface area contributed by atoms with Crippen LogP contribution in [0.15, 0.2) is 11.2 Å². The van der Waals surface area contributed by atoms with E-state index in [-0.39, 0.29) is 28.7 Å². The van der Waals surface area contributed by atoms with Gasteiger partial charge in [-0.1, -0.05) is 19.0 Å². The number of oxime groups is 1. The number of nitrogens with one attached hydrogen (secondary N) is 1. The molecule has 23 heavy (non-hydrogen) atoms. The van der Waals surface area contributed by atoms with Crippen LogP contribution >= 0.6 is 0 Å². The van der Waals surface area contributed by atoms with Crippen LogP contribution in [0.25, 0.3) is 0 Å². The van der Waals surface area contributed by atoms with Gasteiger partial charge in [-0.2, -0.15) is 0 Å². The SMILES string of the molecule is CCC(CC)Nc1c([N+](=O)[O-])cc(C)c(C(C)=NO)c1[N+](=O)[O-]. The fraction of sp³-hybridized carbons (Fsp3) is 0.500. The highest BCUT2D eigenvalue weighted by atomic mass is 16.6. The molecule has 0 aliphatic heterocycles. The van der Waals surface area contributed by atoms with Crippen LogP contribution in [0.2, 0.25) is 0 Å². The average Bonchev–Trinajstić information content (AvgIpc) is 2.51. The van der Waals surface area contributed by atoms with Crippen molar-refractivity contribution in [3.8, 4) is 0 Å². The molecule has 9 nitrogen and oxygen atoms in total. The van der Waals surface area contributed by atoms with Crippen molar-refractivity contribution >= 4 is 22.8 Å².